The van der Waals surface area contributed by atoms with Gasteiger partial charge in [0.05, 0.1) is 18.8 Å². The molecular formula is C28H38N8O. The van der Waals surface area contributed by atoms with E-state index in [2.05, 4.69) is 110 Å². The Labute approximate surface area is 219 Å². The number of aromatic amines is 1. The zero-order valence-electron chi connectivity index (χ0n) is 22.2. The van der Waals surface area contributed by atoms with E-state index in [1.807, 2.05) is 6.92 Å². The third-order valence-electron chi connectivity index (χ3n) is 5.96. The normalized spacial score (nSPS) is 13.8. The fraction of sp³-hybridized carbons (Fsp3) is 0.357. The van der Waals surface area contributed by atoms with Gasteiger partial charge < -0.3 is 20.9 Å². The highest BCUT2D eigenvalue weighted by Gasteiger charge is 2.11. The van der Waals surface area contributed by atoms with Crippen molar-refractivity contribution in [1.82, 2.24) is 31.0 Å². The fourth-order valence-electron chi connectivity index (χ4n) is 3.62. The number of guanidine groups is 2. The van der Waals surface area contributed by atoms with Gasteiger partial charge in [0.2, 0.25) is 0 Å². The lowest BCUT2D eigenvalue weighted by Gasteiger charge is -2.15. The lowest BCUT2D eigenvalue weighted by molar-refractivity contribution is 0.534. The van der Waals surface area contributed by atoms with Crippen molar-refractivity contribution in [3.63, 3.8) is 0 Å². The topological polar surface area (TPSA) is 110 Å². The van der Waals surface area contributed by atoms with Gasteiger partial charge in [-0.05, 0) is 49.1 Å². The van der Waals surface area contributed by atoms with Gasteiger partial charge in [-0.25, -0.2) is 5.10 Å². The summed E-state index contributed by atoms with van der Waals surface area (Å²) >= 11 is 0. The lowest BCUT2D eigenvalue weighted by Crippen LogP contribution is -2.35. The van der Waals surface area contributed by atoms with Crippen molar-refractivity contribution in [3.05, 3.63) is 99.0 Å². The van der Waals surface area contributed by atoms with Crippen LogP contribution in [-0.4, -0.2) is 60.2 Å². The van der Waals surface area contributed by atoms with E-state index in [9.17, 15) is 4.79 Å². The van der Waals surface area contributed by atoms with Crippen LogP contribution in [-0.2, 0) is 13.1 Å². The van der Waals surface area contributed by atoms with Crippen molar-refractivity contribution in [2.24, 2.45) is 9.98 Å². The Kier molecular flexibility index (Phi) is 10.7. The second-order valence-corrected chi connectivity index (χ2v) is 8.91. The van der Waals surface area contributed by atoms with E-state index in [1.165, 1.54) is 28.3 Å². The zero-order valence-corrected chi connectivity index (χ0v) is 22.2. The van der Waals surface area contributed by atoms with Gasteiger partial charge in [-0.1, -0.05) is 48.5 Å². The third-order valence-corrected chi connectivity index (χ3v) is 5.96. The molecule has 2 aromatic carbocycles. The Morgan fingerprint density at radius 1 is 0.838 bits per heavy atom. The molecule has 2 aliphatic heterocycles. The van der Waals surface area contributed by atoms with Crippen LogP contribution in [0.5, 0.6) is 0 Å². The summed E-state index contributed by atoms with van der Waals surface area (Å²) in [5.41, 5.74) is 5.97. The van der Waals surface area contributed by atoms with Crippen LogP contribution in [0.25, 0.3) is 0 Å². The molecule has 9 heteroatoms. The van der Waals surface area contributed by atoms with Gasteiger partial charge >= 0.3 is 0 Å². The number of aromatic nitrogens is 2. The molecule has 0 unspecified atom stereocenters. The number of benzene rings is 2. The van der Waals surface area contributed by atoms with E-state index in [4.69, 9.17) is 0 Å². The maximum Gasteiger partial charge on any atom is 0.264 e. The number of nitrogens with one attached hydrogen (secondary N) is 4. The van der Waals surface area contributed by atoms with Crippen molar-refractivity contribution in [1.29, 1.82) is 0 Å². The molecule has 37 heavy (non-hydrogen) atoms. The van der Waals surface area contributed by atoms with Crippen LogP contribution in [0.2, 0.25) is 0 Å². The number of nitrogens with zero attached hydrogens (tertiary/aromatic N) is 4. The Balaban J connectivity index is 0.000000161. The first-order valence-electron chi connectivity index (χ1n) is 12.6. The maximum absolute atomic E-state index is 10.3. The van der Waals surface area contributed by atoms with Crippen LogP contribution >= 0.6 is 0 Å². The van der Waals surface area contributed by atoms with E-state index >= 15 is 0 Å². The van der Waals surface area contributed by atoms with Gasteiger partial charge in [-0.15, -0.1) is 0 Å². The van der Waals surface area contributed by atoms with E-state index < -0.39 is 0 Å². The molecule has 0 fully saturated rings. The first-order valence-corrected chi connectivity index (χ1v) is 12.6. The Morgan fingerprint density at radius 2 is 1.49 bits per heavy atom. The second kappa shape index (κ2) is 14.4. The van der Waals surface area contributed by atoms with E-state index in [0.29, 0.717) is 0 Å². The molecule has 0 bridgehead atoms. The standard InChI is InChI=1S/C12H17N3.C11H15N3.C5H6N2O/c1-10-5-3-4-6-11(10)9-14-12-13-7-8-15(12)2;1-9-4-2-3-5-10(9)8-14-11-12-6-7-13-11;1-4-2-3-5(8)7-6-4/h3-6H,7-9H2,1-2H3,(H,13,14);2-5H,6-8H2,1H3,(H2,12,13,14);2-3H,1H3,(H,7,8). The van der Waals surface area contributed by atoms with Gasteiger partial charge in [-0.2, -0.15) is 5.10 Å². The highest BCUT2D eigenvalue weighted by molar-refractivity contribution is 5.81. The predicted octanol–water partition coefficient (Wildman–Crippen LogP) is 2.51. The average Bonchev–Trinajstić information content (AvgIpc) is 3.57. The molecule has 1 aromatic heterocycles. The average molecular weight is 503 g/mol. The largest absolute Gasteiger partial charge is 0.355 e. The predicted molar refractivity (Wildman–Crippen MR) is 151 cm³/mol. The number of aryl methyl sites for hydroxylation is 3. The van der Waals surface area contributed by atoms with Crippen LogP contribution in [0.4, 0.5) is 0 Å². The van der Waals surface area contributed by atoms with Crippen molar-refractivity contribution < 1.29 is 0 Å². The van der Waals surface area contributed by atoms with Gasteiger partial charge in [0, 0.05) is 39.3 Å². The lowest BCUT2D eigenvalue weighted by atomic mass is 10.1. The summed E-state index contributed by atoms with van der Waals surface area (Å²) < 4.78 is 0. The van der Waals surface area contributed by atoms with Crippen LogP contribution in [0.15, 0.2) is 75.4 Å². The summed E-state index contributed by atoms with van der Waals surface area (Å²) in [6.07, 6.45) is 0. The summed E-state index contributed by atoms with van der Waals surface area (Å²) in [7, 11) is 2.07. The first-order chi connectivity index (χ1) is 17.9. The van der Waals surface area contributed by atoms with Gasteiger partial charge in [0.25, 0.3) is 5.56 Å². The van der Waals surface area contributed by atoms with Crippen molar-refractivity contribution in [3.8, 4) is 0 Å². The molecule has 3 heterocycles. The number of rotatable bonds is 4. The Bertz CT molecular complexity index is 1230. The molecule has 5 rings (SSSR count). The summed E-state index contributed by atoms with van der Waals surface area (Å²) in [6, 6.07) is 19.9. The van der Waals surface area contributed by atoms with Gasteiger partial charge in [-0.3, -0.25) is 14.8 Å². The number of hydrogen-bond donors (Lipinski definition) is 4. The molecule has 196 valence electrons. The van der Waals surface area contributed by atoms with E-state index in [0.717, 1.165) is 56.9 Å². The van der Waals surface area contributed by atoms with Crippen LogP contribution in [0, 0.1) is 20.8 Å². The highest BCUT2D eigenvalue weighted by atomic mass is 16.1. The molecule has 0 atom stereocenters. The van der Waals surface area contributed by atoms with Crippen molar-refractivity contribution >= 4 is 11.9 Å². The summed E-state index contributed by atoms with van der Waals surface area (Å²) in [5.74, 6) is 1.94. The molecule has 4 N–H and O–H groups in total. The fourth-order valence-corrected chi connectivity index (χ4v) is 3.62. The molecule has 0 radical (unpaired) electrons. The monoisotopic (exact) mass is 502 g/mol. The molecule has 0 saturated carbocycles. The molecule has 0 aliphatic carbocycles. The Hall–Kier alpha value is -4.14. The quantitative estimate of drug-likeness (QED) is 0.437. The number of hydrogen-bond acceptors (Lipinski definition) is 8. The first kappa shape index (κ1) is 27.4. The molecule has 9 nitrogen and oxygen atoms in total. The molecule has 3 aromatic rings. The molecule has 0 spiro atoms. The molecule has 2 aliphatic rings. The summed E-state index contributed by atoms with van der Waals surface area (Å²) in [4.78, 5) is 21.1. The number of H-pyrrole nitrogens is 1. The SMILES string of the molecule is Cc1ccc(=O)[nH]n1.Cc1ccccc1CNC1=NCCN1.Cc1ccccc1CNC1=NCCN1C. The number of aliphatic imine (C=N–C) groups is 2. The van der Waals surface area contributed by atoms with E-state index in [-0.39, 0.29) is 5.56 Å². The molecule has 0 saturated heterocycles. The van der Waals surface area contributed by atoms with E-state index in [1.54, 1.807) is 6.07 Å². The third kappa shape index (κ3) is 9.44. The van der Waals surface area contributed by atoms with Crippen LogP contribution < -0.4 is 21.5 Å². The van der Waals surface area contributed by atoms with Gasteiger partial charge in [0.15, 0.2) is 11.9 Å². The number of likely N-dealkylation sites (N-methyl/N-ethyl adjacent to an activating group) is 1. The molecule has 0 amide bonds. The molecular weight excluding hydrogens is 464 g/mol. The minimum absolute atomic E-state index is 0.157. The van der Waals surface area contributed by atoms with Crippen molar-refractivity contribution in [2.75, 3.05) is 33.2 Å². The maximum atomic E-state index is 10.3. The van der Waals surface area contributed by atoms with Crippen LogP contribution in [0.1, 0.15) is 27.9 Å². The van der Waals surface area contributed by atoms with Crippen molar-refractivity contribution in [2.45, 2.75) is 33.9 Å². The summed E-state index contributed by atoms with van der Waals surface area (Å²) in [5, 5.41) is 15.8. The Morgan fingerprint density at radius 3 is 1.97 bits per heavy atom. The zero-order chi connectivity index (χ0) is 26.5. The highest BCUT2D eigenvalue weighted by Crippen LogP contribution is 2.07. The minimum atomic E-state index is -0.157. The van der Waals surface area contributed by atoms with Crippen LogP contribution in [0.3, 0.4) is 0 Å². The second-order valence-electron chi connectivity index (χ2n) is 8.91. The summed E-state index contributed by atoms with van der Waals surface area (Å²) in [6.45, 7) is 11.6. The minimum Gasteiger partial charge on any atom is -0.355 e. The van der Waals surface area contributed by atoms with Gasteiger partial charge in [0.1, 0.15) is 0 Å². The smallest absolute Gasteiger partial charge is 0.264 e.